The Labute approximate surface area is 162 Å². The van der Waals surface area contributed by atoms with Crippen LogP contribution in [0.1, 0.15) is 35.2 Å². The first-order valence-corrected chi connectivity index (χ1v) is 9.53. The highest BCUT2D eigenvalue weighted by molar-refractivity contribution is 5.91. The van der Waals surface area contributed by atoms with Crippen LogP contribution in [0.25, 0.3) is 11.0 Å². The Bertz CT molecular complexity index is 975. The molecule has 1 aliphatic rings. The maximum absolute atomic E-state index is 12.2. The number of ether oxygens (including phenoxy) is 1. The van der Waals surface area contributed by atoms with Gasteiger partial charge in [0.2, 0.25) is 0 Å². The third-order valence-electron chi connectivity index (χ3n) is 4.98. The molecule has 1 aliphatic heterocycles. The van der Waals surface area contributed by atoms with Crippen LogP contribution in [-0.2, 0) is 16.1 Å². The quantitative estimate of drug-likeness (QED) is 0.638. The molecule has 0 N–H and O–H groups in total. The van der Waals surface area contributed by atoms with Crippen LogP contribution in [0.5, 0.6) is 0 Å². The van der Waals surface area contributed by atoms with Gasteiger partial charge in [-0.15, -0.1) is 5.10 Å². The van der Waals surface area contributed by atoms with Crippen molar-refractivity contribution in [2.75, 3.05) is 19.7 Å². The lowest BCUT2D eigenvalue weighted by Gasteiger charge is -2.26. The lowest BCUT2D eigenvalue weighted by Crippen LogP contribution is -2.38. The first kappa shape index (κ1) is 18.2. The fourth-order valence-corrected chi connectivity index (χ4v) is 3.40. The van der Waals surface area contributed by atoms with Crippen LogP contribution >= 0.6 is 0 Å². The minimum absolute atomic E-state index is 0.122. The molecule has 0 atom stereocenters. The van der Waals surface area contributed by atoms with E-state index in [2.05, 4.69) is 10.3 Å². The van der Waals surface area contributed by atoms with Crippen LogP contribution in [0.4, 0.5) is 0 Å². The highest BCUT2D eigenvalue weighted by Gasteiger charge is 2.18. The van der Waals surface area contributed by atoms with E-state index in [0.29, 0.717) is 12.1 Å². The van der Waals surface area contributed by atoms with Crippen molar-refractivity contribution in [1.82, 2.24) is 19.9 Å². The average Bonchev–Trinajstić information content (AvgIpc) is 3.16. The van der Waals surface area contributed by atoms with Gasteiger partial charge in [0.05, 0.1) is 17.6 Å². The number of nitrogens with zero attached hydrogens (tertiary/aromatic N) is 4. The zero-order valence-corrected chi connectivity index (χ0v) is 15.6. The molecule has 0 saturated carbocycles. The van der Waals surface area contributed by atoms with Crippen LogP contribution in [0.2, 0.25) is 0 Å². The van der Waals surface area contributed by atoms with Crippen molar-refractivity contribution in [2.24, 2.45) is 0 Å². The van der Waals surface area contributed by atoms with E-state index >= 15 is 0 Å². The Morgan fingerprint density at radius 1 is 0.964 bits per heavy atom. The number of amides is 1. The molecule has 0 aliphatic carbocycles. The molecule has 7 heteroatoms. The summed E-state index contributed by atoms with van der Waals surface area (Å²) in [5, 5.41) is 8.32. The fourth-order valence-electron chi connectivity index (χ4n) is 3.40. The molecule has 0 spiro atoms. The standard InChI is InChI=1S/C21H22N4O3/c26-20(24-12-4-1-5-13-24)15-28-21(27)17-10-8-16(9-11-17)14-25-19-7-3-2-6-18(19)22-23-25/h2-3,6-11H,1,4-5,12-15H2. The second-order valence-electron chi connectivity index (χ2n) is 6.95. The van der Waals surface area contributed by atoms with Gasteiger partial charge >= 0.3 is 5.97 Å². The van der Waals surface area contributed by atoms with Gasteiger partial charge < -0.3 is 9.64 Å². The van der Waals surface area contributed by atoms with Crippen molar-refractivity contribution in [3.63, 3.8) is 0 Å². The van der Waals surface area contributed by atoms with Gasteiger partial charge in [-0.2, -0.15) is 0 Å². The molecular formula is C21H22N4O3. The molecule has 7 nitrogen and oxygen atoms in total. The summed E-state index contributed by atoms with van der Waals surface area (Å²) >= 11 is 0. The maximum Gasteiger partial charge on any atom is 0.338 e. The maximum atomic E-state index is 12.2. The van der Waals surface area contributed by atoms with Crippen LogP contribution in [0, 0.1) is 0 Å². The van der Waals surface area contributed by atoms with Gasteiger partial charge in [0.25, 0.3) is 5.91 Å². The number of fused-ring (bicyclic) bond motifs is 1. The normalized spacial score (nSPS) is 14.2. The van der Waals surface area contributed by atoms with E-state index in [-0.39, 0.29) is 12.5 Å². The number of piperidine rings is 1. The summed E-state index contributed by atoms with van der Waals surface area (Å²) in [5.41, 5.74) is 3.23. The van der Waals surface area contributed by atoms with Gasteiger partial charge in [-0.3, -0.25) is 4.79 Å². The van der Waals surface area contributed by atoms with Crippen molar-refractivity contribution in [2.45, 2.75) is 25.8 Å². The van der Waals surface area contributed by atoms with Crippen molar-refractivity contribution in [3.8, 4) is 0 Å². The van der Waals surface area contributed by atoms with Crippen LogP contribution in [-0.4, -0.2) is 51.5 Å². The predicted molar refractivity (Wildman–Crippen MR) is 104 cm³/mol. The van der Waals surface area contributed by atoms with Gasteiger partial charge in [-0.1, -0.05) is 29.5 Å². The number of esters is 1. The minimum Gasteiger partial charge on any atom is -0.452 e. The molecule has 3 aromatic rings. The summed E-state index contributed by atoms with van der Waals surface area (Å²) < 4.78 is 7.01. The molecule has 0 unspecified atom stereocenters. The second-order valence-corrected chi connectivity index (χ2v) is 6.95. The van der Waals surface area contributed by atoms with Gasteiger partial charge in [0.1, 0.15) is 5.52 Å². The monoisotopic (exact) mass is 378 g/mol. The summed E-state index contributed by atoms with van der Waals surface area (Å²) in [7, 11) is 0. The second kappa shape index (κ2) is 8.21. The highest BCUT2D eigenvalue weighted by Crippen LogP contribution is 2.14. The number of carbonyl (C=O) groups excluding carboxylic acids is 2. The molecule has 1 aromatic heterocycles. The van der Waals surface area contributed by atoms with Crippen molar-refractivity contribution in [3.05, 3.63) is 59.7 Å². The van der Waals surface area contributed by atoms with Gasteiger partial charge in [-0.25, -0.2) is 9.48 Å². The number of hydrogen-bond acceptors (Lipinski definition) is 5. The molecule has 2 heterocycles. The molecule has 0 bridgehead atoms. The Morgan fingerprint density at radius 2 is 1.71 bits per heavy atom. The molecule has 144 valence electrons. The summed E-state index contributed by atoms with van der Waals surface area (Å²) in [5.74, 6) is -0.606. The number of aromatic nitrogens is 3. The van der Waals surface area contributed by atoms with E-state index in [1.807, 2.05) is 41.1 Å². The van der Waals surface area contributed by atoms with Gasteiger partial charge in [0.15, 0.2) is 6.61 Å². The Hall–Kier alpha value is -3.22. The molecule has 2 aromatic carbocycles. The van der Waals surface area contributed by atoms with E-state index in [1.54, 1.807) is 17.0 Å². The number of carbonyl (C=O) groups is 2. The molecule has 1 fully saturated rings. The summed E-state index contributed by atoms with van der Waals surface area (Å²) in [6.07, 6.45) is 3.19. The smallest absolute Gasteiger partial charge is 0.338 e. The van der Waals surface area contributed by atoms with E-state index in [0.717, 1.165) is 48.9 Å². The van der Waals surface area contributed by atoms with Crippen molar-refractivity contribution < 1.29 is 14.3 Å². The van der Waals surface area contributed by atoms with Gasteiger partial charge in [0, 0.05) is 13.1 Å². The number of likely N-dealkylation sites (tertiary alicyclic amines) is 1. The number of hydrogen-bond donors (Lipinski definition) is 0. The summed E-state index contributed by atoms with van der Waals surface area (Å²) in [6.45, 7) is 1.86. The average molecular weight is 378 g/mol. The SMILES string of the molecule is O=C(OCC(=O)N1CCCCC1)c1ccc(Cn2nnc3ccccc32)cc1. The zero-order valence-electron chi connectivity index (χ0n) is 15.6. The summed E-state index contributed by atoms with van der Waals surface area (Å²) in [6, 6.07) is 14.9. The Balaban J connectivity index is 1.34. The molecule has 4 rings (SSSR count). The number of rotatable bonds is 5. The van der Waals surface area contributed by atoms with E-state index in [4.69, 9.17) is 4.74 Å². The topological polar surface area (TPSA) is 77.3 Å². The molecule has 0 radical (unpaired) electrons. The van der Waals surface area contributed by atoms with E-state index in [9.17, 15) is 9.59 Å². The van der Waals surface area contributed by atoms with Crippen LogP contribution in [0.3, 0.4) is 0 Å². The molecule has 28 heavy (non-hydrogen) atoms. The predicted octanol–water partition coefficient (Wildman–Crippen LogP) is 2.65. The third kappa shape index (κ3) is 4.03. The minimum atomic E-state index is -0.483. The van der Waals surface area contributed by atoms with E-state index in [1.165, 1.54) is 0 Å². The summed E-state index contributed by atoms with van der Waals surface area (Å²) in [4.78, 5) is 26.1. The molecule has 1 amide bonds. The number of para-hydroxylation sites is 1. The van der Waals surface area contributed by atoms with Gasteiger partial charge in [-0.05, 0) is 49.1 Å². The molecule has 1 saturated heterocycles. The largest absolute Gasteiger partial charge is 0.452 e. The molecular weight excluding hydrogens is 356 g/mol. The highest BCUT2D eigenvalue weighted by atomic mass is 16.5. The Kier molecular flexibility index (Phi) is 5.32. The van der Waals surface area contributed by atoms with Crippen LogP contribution in [0.15, 0.2) is 48.5 Å². The van der Waals surface area contributed by atoms with Crippen LogP contribution < -0.4 is 0 Å². The van der Waals surface area contributed by atoms with E-state index < -0.39 is 5.97 Å². The third-order valence-corrected chi connectivity index (χ3v) is 4.98. The van der Waals surface area contributed by atoms with Crippen molar-refractivity contribution in [1.29, 1.82) is 0 Å². The lowest BCUT2D eigenvalue weighted by atomic mass is 10.1. The fraction of sp³-hybridized carbons (Fsp3) is 0.333. The number of benzene rings is 2. The Morgan fingerprint density at radius 3 is 2.50 bits per heavy atom. The zero-order chi connectivity index (χ0) is 19.3. The lowest BCUT2D eigenvalue weighted by molar-refractivity contribution is -0.135. The first-order valence-electron chi connectivity index (χ1n) is 9.53. The van der Waals surface area contributed by atoms with Crippen molar-refractivity contribution >= 4 is 22.9 Å². The first-order chi connectivity index (χ1) is 13.7.